The molecule has 0 aliphatic heterocycles. The number of carbonyl (C=O) groups is 1. The molecule has 13 heavy (non-hydrogen) atoms. The van der Waals surface area contributed by atoms with Crippen molar-refractivity contribution in [3.8, 4) is 6.07 Å². The second-order valence-electron chi connectivity index (χ2n) is 2.64. The Balaban J connectivity index is 3.02. The summed E-state index contributed by atoms with van der Waals surface area (Å²) in [6.45, 7) is 2.50. The molecule has 0 saturated carbocycles. The van der Waals surface area contributed by atoms with Crippen molar-refractivity contribution >= 4 is 5.97 Å². The molecule has 0 aromatic carbocycles. The molecule has 1 N–H and O–H groups in total. The van der Waals surface area contributed by atoms with Crippen molar-refractivity contribution < 1.29 is 9.90 Å². The van der Waals surface area contributed by atoms with Crippen molar-refractivity contribution in [3.63, 3.8) is 0 Å². The average molecular weight is 178 g/mol. The standard InChI is InChI=1S/C9H10N2O2/c1-2-11-7(5-9(12)13)3-4-8(11)6-10/h3-4H,2,5H2,1H3,(H,12,13). The van der Waals surface area contributed by atoms with Crippen molar-refractivity contribution in [2.24, 2.45) is 0 Å². The van der Waals surface area contributed by atoms with Crippen LogP contribution in [0.5, 0.6) is 0 Å². The summed E-state index contributed by atoms with van der Waals surface area (Å²) in [6.07, 6.45) is -0.0322. The number of nitriles is 1. The third kappa shape index (κ3) is 1.88. The summed E-state index contributed by atoms with van der Waals surface area (Å²) < 4.78 is 1.70. The van der Waals surface area contributed by atoms with Gasteiger partial charge in [0.1, 0.15) is 11.8 Å². The first-order valence-electron chi connectivity index (χ1n) is 3.99. The van der Waals surface area contributed by atoms with E-state index in [4.69, 9.17) is 10.4 Å². The first kappa shape index (κ1) is 9.33. The van der Waals surface area contributed by atoms with Crippen molar-refractivity contribution in [1.82, 2.24) is 4.57 Å². The number of hydrogen-bond donors (Lipinski definition) is 1. The first-order valence-corrected chi connectivity index (χ1v) is 3.99. The lowest BCUT2D eigenvalue weighted by Gasteiger charge is -2.04. The van der Waals surface area contributed by atoms with Crippen molar-refractivity contribution in [1.29, 1.82) is 5.26 Å². The molecule has 0 bridgehead atoms. The number of nitrogens with zero attached hydrogens (tertiary/aromatic N) is 2. The fourth-order valence-corrected chi connectivity index (χ4v) is 1.29. The van der Waals surface area contributed by atoms with Crippen LogP contribution in [0.2, 0.25) is 0 Å². The number of aliphatic carboxylic acids is 1. The Morgan fingerprint density at radius 2 is 2.38 bits per heavy atom. The maximum absolute atomic E-state index is 10.4. The molecule has 68 valence electrons. The van der Waals surface area contributed by atoms with Crippen LogP contribution < -0.4 is 0 Å². The van der Waals surface area contributed by atoms with Crippen LogP contribution in [0.4, 0.5) is 0 Å². The van der Waals surface area contributed by atoms with E-state index in [1.165, 1.54) is 0 Å². The van der Waals surface area contributed by atoms with Gasteiger partial charge in [0.05, 0.1) is 6.42 Å². The monoisotopic (exact) mass is 178 g/mol. The number of aromatic nitrogens is 1. The van der Waals surface area contributed by atoms with Gasteiger partial charge in [-0.3, -0.25) is 4.79 Å². The maximum Gasteiger partial charge on any atom is 0.309 e. The largest absolute Gasteiger partial charge is 0.481 e. The maximum atomic E-state index is 10.4. The van der Waals surface area contributed by atoms with Crippen LogP contribution >= 0.6 is 0 Å². The van der Waals surface area contributed by atoms with Gasteiger partial charge < -0.3 is 9.67 Å². The molecule has 0 aliphatic carbocycles. The van der Waals surface area contributed by atoms with Crippen LogP contribution in [0.15, 0.2) is 12.1 Å². The highest BCUT2D eigenvalue weighted by Crippen LogP contribution is 2.08. The Labute approximate surface area is 76.0 Å². The van der Waals surface area contributed by atoms with E-state index in [0.29, 0.717) is 17.9 Å². The van der Waals surface area contributed by atoms with E-state index in [9.17, 15) is 4.79 Å². The van der Waals surface area contributed by atoms with Crippen molar-refractivity contribution in [2.45, 2.75) is 19.9 Å². The number of carboxylic acids is 1. The van der Waals surface area contributed by atoms with Gasteiger partial charge in [-0.2, -0.15) is 5.26 Å². The molecule has 1 aromatic rings. The van der Waals surface area contributed by atoms with E-state index >= 15 is 0 Å². The normalized spacial score (nSPS) is 9.54. The second-order valence-corrected chi connectivity index (χ2v) is 2.64. The van der Waals surface area contributed by atoms with E-state index in [1.807, 2.05) is 13.0 Å². The number of rotatable bonds is 3. The molecule has 0 amide bonds. The van der Waals surface area contributed by atoms with E-state index in [-0.39, 0.29) is 6.42 Å². The quantitative estimate of drug-likeness (QED) is 0.751. The molecular formula is C9H10N2O2. The summed E-state index contributed by atoms with van der Waals surface area (Å²) in [6, 6.07) is 5.33. The topological polar surface area (TPSA) is 66.0 Å². The minimum absolute atomic E-state index is 0.0322. The Bertz CT molecular complexity index is 360. The third-order valence-corrected chi connectivity index (χ3v) is 1.83. The molecule has 0 spiro atoms. The van der Waals surface area contributed by atoms with E-state index in [2.05, 4.69) is 0 Å². The predicted octanol–water partition coefficient (Wildman–Crippen LogP) is 1.01. The Morgan fingerprint density at radius 3 is 2.85 bits per heavy atom. The SMILES string of the molecule is CCn1c(C#N)ccc1CC(=O)O. The Hall–Kier alpha value is -1.76. The summed E-state index contributed by atoms with van der Waals surface area (Å²) in [5.41, 5.74) is 1.19. The van der Waals surface area contributed by atoms with Gasteiger partial charge >= 0.3 is 5.97 Å². The van der Waals surface area contributed by atoms with E-state index < -0.39 is 5.97 Å². The van der Waals surface area contributed by atoms with E-state index in [1.54, 1.807) is 16.7 Å². The van der Waals surface area contributed by atoms with Crippen LogP contribution in [-0.4, -0.2) is 15.6 Å². The van der Waals surface area contributed by atoms with Crippen molar-refractivity contribution in [2.75, 3.05) is 0 Å². The number of carboxylic acid groups (broad SMARTS) is 1. The van der Waals surface area contributed by atoms with Crippen LogP contribution in [0, 0.1) is 11.3 Å². The highest BCUT2D eigenvalue weighted by molar-refractivity contribution is 5.69. The molecule has 0 radical (unpaired) electrons. The number of hydrogen-bond acceptors (Lipinski definition) is 2. The minimum atomic E-state index is -0.878. The lowest BCUT2D eigenvalue weighted by atomic mass is 10.3. The van der Waals surface area contributed by atoms with Crippen LogP contribution in [0.1, 0.15) is 18.3 Å². The minimum Gasteiger partial charge on any atom is -0.481 e. The van der Waals surface area contributed by atoms with Gasteiger partial charge in [0.2, 0.25) is 0 Å². The molecule has 0 fully saturated rings. The molecular weight excluding hydrogens is 168 g/mol. The van der Waals surface area contributed by atoms with Gasteiger partial charge in [0, 0.05) is 12.2 Å². The molecule has 0 saturated heterocycles. The molecule has 4 nitrogen and oxygen atoms in total. The summed E-state index contributed by atoms with van der Waals surface area (Å²) in [5, 5.41) is 17.3. The zero-order valence-electron chi connectivity index (χ0n) is 7.32. The third-order valence-electron chi connectivity index (χ3n) is 1.83. The fraction of sp³-hybridized carbons (Fsp3) is 0.333. The predicted molar refractivity (Wildman–Crippen MR) is 46.2 cm³/mol. The van der Waals surface area contributed by atoms with Gasteiger partial charge in [-0.05, 0) is 19.1 Å². The van der Waals surface area contributed by atoms with Crippen molar-refractivity contribution in [3.05, 3.63) is 23.5 Å². The summed E-state index contributed by atoms with van der Waals surface area (Å²) in [4.78, 5) is 10.4. The van der Waals surface area contributed by atoms with Gasteiger partial charge in [-0.15, -0.1) is 0 Å². The van der Waals surface area contributed by atoms with Gasteiger partial charge in [-0.25, -0.2) is 0 Å². The second kappa shape index (κ2) is 3.76. The van der Waals surface area contributed by atoms with Crippen LogP contribution in [-0.2, 0) is 17.8 Å². The van der Waals surface area contributed by atoms with Gasteiger partial charge in [-0.1, -0.05) is 0 Å². The Kier molecular flexibility index (Phi) is 2.70. The van der Waals surface area contributed by atoms with Crippen LogP contribution in [0.25, 0.3) is 0 Å². The molecule has 1 aromatic heterocycles. The smallest absolute Gasteiger partial charge is 0.309 e. The van der Waals surface area contributed by atoms with Crippen LogP contribution in [0.3, 0.4) is 0 Å². The first-order chi connectivity index (χ1) is 6.19. The zero-order chi connectivity index (χ0) is 9.84. The average Bonchev–Trinajstić information content (AvgIpc) is 2.45. The molecule has 4 heteroatoms. The van der Waals surface area contributed by atoms with E-state index in [0.717, 1.165) is 0 Å². The summed E-state index contributed by atoms with van der Waals surface area (Å²) >= 11 is 0. The lowest BCUT2D eigenvalue weighted by Crippen LogP contribution is -2.08. The highest BCUT2D eigenvalue weighted by atomic mass is 16.4. The zero-order valence-corrected chi connectivity index (χ0v) is 7.32. The fourth-order valence-electron chi connectivity index (χ4n) is 1.29. The summed E-state index contributed by atoms with van der Waals surface area (Å²) in [7, 11) is 0. The molecule has 0 unspecified atom stereocenters. The molecule has 0 atom stereocenters. The van der Waals surface area contributed by atoms with Gasteiger partial charge in [0.15, 0.2) is 0 Å². The molecule has 1 heterocycles. The summed E-state index contributed by atoms with van der Waals surface area (Å²) in [5.74, 6) is -0.878. The molecule has 0 aliphatic rings. The highest BCUT2D eigenvalue weighted by Gasteiger charge is 2.08. The van der Waals surface area contributed by atoms with Gasteiger partial charge in [0.25, 0.3) is 0 Å². The molecule has 1 rings (SSSR count). The Morgan fingerprint density at radius 1 is 1.69 bits per heavy atom. The lowest BCUT2D eigenvalue weighted by molar-refractivity contribution is -0.136.